The molecule has 0 saturated heterocycles. The number of nitrogens with one attached hydrogen (secondary N) is 3. The molecule has 10 heteroatoms. The van der Waals surface area contributed by atoms with Crippen molar-refractivity contribution in [1.82, 2.24) is 5.32 Å². The Morgan fingerprint density at radius 2 is 1.30 bits per heavy atom. The highest BCUT2D eigenvalue weighted by Crippen LogP contribution is 2.37. The first-order valence-electron chi connectivity index (χ1n) is 14.0. The van der Waals surface area contributed by atoms with Gasteiger partial charge in [0.2, 0.25) is 5.91 Å². The molecule has 0 saturated carbocycles. The molecule has 1 unspecified atom stereocenters. The molecule has 5 rings (SSSR count). The van der Waals surface area contributed by atoms with E-state index < -0.39 is 22.9 Å². The topological polar surface area (TPSA) is 87.3 Å². The molecule has 0 heterocycles. The highest BCUT2D eigenvalue weighted by atomic mass is 35.5. The maximum atomic E-state index is 13.5. The second kappa shape index (κ2) is 15.4. The minimum atomic E-state index is -0.614. The lowest BCUT2D eigenvalue weighted by Gasteiger charge is -2.17. The van der Waals surface area contributed by atoms with Gasteiger partial charge in [-0.1, -0.05) is 83.9 Å². The molecule has 5 aromatic rings. The molecule has 0 aliphatic heterocycles. The molecule has 0 radical (unpaired) electrons. The van der Waals surface area contributed by atoms with Gasteiger partial charge in [-0.15, -0.1) is 11.8 Å². The average molecular weight is 671 g/mol. The Labute approximate surface area is 279 Å². The maximum absolute atomic E-state index is 13.5. The van der Waals surface area contributed by atoms with Gasteiger partial charge >= 0.3 is 0 Å². The molecule has 6 nitrogen and oxygen atoms in total. The monoisotopic (exact) mass is 669 g/mol. The van der Waals surface area contributed by atoms with E-state index in [1.165, 1.54) is 42.1 Å². The average Bonchev–Trinajstić information content (AvgIpc) is 3.07. The maximum Gasteiger partial charge on any atom is 0.272 e. The highest BCUT2D eigenvalue weighted by Gasteiger charge is 2.23. The summed E-state index contributed by atoms with van der Waals surface area (Å²) in [7, 11) is 0. The van der Waals surface area contributed by atoms with Crippen LogP contribution >= 0.6 is 35.0 Å². The highest BCUT2D eigenvalue weighted by molar-refractivity contribution is 8.00. The minimum absolute atomic E-state index is 0.0434. The number of halogens is 3. The fraction of sp³-hybridized carbons (Fsp3) is 0.0278. The minimum Gasteiger partial charge on any atom is -0.325 e. The van der Waals surface area contributed by atoms with E-state index >= 15 is 0 Å². The zero-order valence-corrected chi connectivity index (χ0v) is 26.4. The molecular weight excluding hydrogens is 644 g/mol. The summed E-state index contributed by atoms with van der Waals surface area (Å²) in [6.45, 7) is 0. The van der Waals surface area contributed by atoms with Gasteiger partial charge < -0.3 is 16.0 Å². The van der Waals surface area contributed by atoms with E-state index in [9.17, 15) is 18.8 Å². The summed E-state index contributed by atoms with van der Waals surface area (Å²) in [6, 6.07) is 35.3. The summed E-state index contributed by atoms with van der Waals surface area (Å²) in [5.74, 6) is -1.73. The van der Waals surface area contributed by atoms with Gasteiger partial charge in [0.15, 0.2) is 0 Å². The van der Waals surface area contributed by atoms with Crippen LogP contribution in [-0.2, 0) is 9.59 Å². The Morgan fingerprint density at radius 1 is 0.696 bits per heavy atom. The smallest absolute Gasteiger partial charge is 0.272 e. The second-order valence-corrected chi connectivity index (χ2v) is 11.9. The number of carbonyl (C=O) groups excluding carboxylic acids is 3. The van der Waals surface area contributed by atoms with Crippen molar-refractivity contribution in [3.63, 3.8) is 0 Å². The molecule has 0 bridgehead atoms. The van der Waals surface area contributed by atoms with Gasteiger partial charge in [-0.3, -0.25) is 14.4 Å². The molecule has 0 aliphatic rings. The first kappa shape index (κ1) is 32.5. The van der Waals surface area contributed by atoms with Gasteiger partial charge in [0.1, 0.15) is 16.8 Å². The first-order chi connectivity index (χ1) is 22.3. The van der Waals surface area contributed by atoms with Gasteiger partial charge in [-0.05, 0) is 83.9 Å². The molecule has 0 aromatic heterocycles. The van der Waals surface area contributed by atoms with Crippen LogP contribution in [-0.4, -0.2) is 17.7 Å². The van der Waals surface area contributed by atoms with Gasteiger partial charge in [0, 0.05) is 21.8 Å². The number of benzene rings is 5. The lowest BCUT2D eigenvalue weighted by atomic mass is 10.1. The standard InChI is InChI=1S/C36H26Cl2FN3O3S/c37-30-13-7-12-25(32(30)38)22-31(42-34(43)24-10-5-2-6-11-24)35(44)40-28-18-20-29(21-19-28)46-33(23-8-3-1-4-9-23)36(45)41-27-16-14-26(39)15-17-27/h1-22,33H,(H,40,44)(H,41,45)(H,42,43)/b31-22-. The first-order valence-corrected chi connectivity index (χ1v) is 15.6. The van der Waals surface area contributed by atoms with E-state index in [1.54, 1.807) is 72.8 Å². The molecule has 5 aromatic carbocycles. The van der Waals surface area contributed by atoms with E-state index in [0.717, 1.165) is 10.5 Å². The molecular formula is C36H26Cl2FN3O3S. The number of thioether (sulfide) groups is 1. The van der Waals surface area contributed by atoms with E-state index in [-0.39, 0.29) is 16.6 Å². The Hall–Kier alpha value is -4.89. The quantitative estimate of drug-likeness (QED) is 0.102. The molecule has 1 atom stereocenters. The summed E-state index contributed by atoms with van der Waals surface area (Å²) < 4.78 is 13.4. The normalized spacial score (nSPS) is 11.8. The van der Waals surface area contributed by atoms with Crippen LogP contribution in [0.5, 0.6) is 0 Å². The van der Waals surface area contributed by atoms with Crippen LogP contribution in [0.3, 0.4) is 0 Å². The number of carbonyl (C=O) groups is 3. The molecule has 3 N–H and O–H groups in total. The lowest BCUT2D eigenvalue weighted by Crippen LogP contribution is -2.30. The van der Waals surface area contributed by atoms with Crippen LogP contribution in [0.25, 0.3) is 6.08 Å². The summed E-state index contributed by atoms with van der Waals surface area (Å²) in [5, 5.41) is 8.26. The van der Waals surface area contributed by atoms with Crippen molar-refractivity contribution in [2.75, 3.05) is 10.6 Å². The van der Waals surface area contributed by atoms with Crippen LogP contribution in [0.15, 0.2) is 138 Å². The second-order valence-electron chi connectivity index (χ2n) is 9.90. The molecule has 46 heavy (non-hydrogen) atoms. The van der Waals surface area contributed by atoms with Crippen molar-refractivity contribution in [2.45, 2.75) is 10.1 Å². The molecule has 0 aliphatic carbocycles. The van der Waals surface area contributed by atoms with Crippen LogP contribution in [0.1, 0.15) is 26.7 Å². The van der Waals surface area contributed by atoms with Crippen LogP contribution in [0.2, 0.25) is 10.0 Å². The fourth-order valence-corrected chi connectivity index (χ4v) is 5.71. The number of rotatable bonds is 10. The van der Waals surface area contributed by atoms with Crippen molar-refractivity contribution >= 4 is 70.1 Å². The summed E-state index contributed by atoms with van der Waals surface area (Å²) in [5.41, 5.74) is 2.50. The predicted molar refractivity (Wildman–Crippen MR) is 183 cm³/mol. The van der Waals surface area contributed by atoms with Gasteiger partial charge in [0.25, 0.3) is 11.8 Å². The lowest BCUT2D eigenvalue weighted by molar-refractivity contribution is -0.116. The van der Waals surface area contributed by atoms with Gasteiger partial charge in [-0.25, -0.2) is 4.39 Å². The Balaban J connectivity index is 1.34. The molecule has 230 valence electrons. The van der Waals surface area contributed by atoms with Crippen LogP contribution in [0, 0.1) is 5.82 Å². The SMILES string of the molecule is O=C(Nc1ccc(SC(C(=O)Nc2ccc(F)cc2)c2ccccc2)cc1)/C(=C/c1cccc(Cl)c1Cl)NC(=O)c1ccccc1. The molecule has 3 amide bonds. The van der Waals surface area contributed by atoms with E-state index in [2.05, 4.69) is 16.0 Å². The summed E-state index contributed by atoms with van der Waals surface area (Å²) >= 11 is 13.9. The van der Waals surface area contributed by atoms with E-state index in [0.29, 0.717) is 27.5 Å². The predicted octanol–water partition coefficient (Wildman–Crippen LogP) is 9.01. The summed E-state index contributed by atoms with van der Waals surface area (Å²) in [6.07, 6.45) is 1.46. The van der Waals surface area contributed by atoms with Gasteiger partial charge in [0.05, 0.1) is 10.0 Å². The number of hydrogen-bond donors (Lipinski definition) is 3. The summed E-state index contributed by atoms with van der Waals surface area (Å²) in [4.78, 5) is 40.5. The largest absolute Gasteiger partial charge is 0.325 e. The number of amides is 3. The Kier molecular flexibility index (Phi) is 10.9. The van der Waals surface area contributed by atoms with E-state index in [4.69, 9.17) is 23.2 Å². The molecule has 0 fully saturated rings. The van der Waals surface area contributed by atoms with Crippen molar-refractivity contribution in [1.29, 1.82) is 0 Å². The Morgan fingerprint density at radius 3 is 1.98 bits per heavy atom. The molecule has 0 spiro atoms. The fourth-order valence-electron chi connectivity index (χ4n) is 4.32. The van der Waals surface area contributed by atoms with Crippen molar-refractivity contribution in [3.05, 3.63) is 166 Å². The third kappa shape index (κ3) is 8.63. The third-order valence-electron chi connectivity index (χ3n) is 6.63. The van der Waals surface area contributed by atoms with Crippen LogP contribution in [0.4, 0.5) is 15.8 Å². The zero-order valence-electron chi connectivity index (χ0n) is 24.0. The van der Waals surface area contributed by atoms with Crippen molar-refractivity contribution in [2.24, 2.45) is 0 Å². The number of anilines is 2. The van der Waals surface area contributed by atoms with Gasteiger partial charge in [-0.2, -0.15) is 0 Å². The zero-order chi connectivity index (χ0) is 32.5. The third-order valence-corrected chi connectivity index (χ3v) is 8.73. The van der Waals surface area contributed by atoms with Crippen molar-refractivity contribution < 1.29 is 18.8 Å². The van der Waals surface area contributed by atoms with Crippen molar-refractivity contribution in [3.8, 4) is 0 Å². The van der Waals surface area contributed by atoms with E-state index in [1.807, 2.05) is 30.3 Å². The number of hydrogen-bond acceptors (Lipinski definition) is 4. The Bertz CT molecular complexity index is 1870. The van der Waals surface area contributed by atoms with Crippen LogP contribution < -0.4 is 16.0 Å².